The second-order valence-electron chi connectivity index (χ2n) is 7.35. The summed E-state index contributed by atoms with van der Waals surface area (Å²) in [7, 11) is 0. The fourth-order valence-electron chi connectivity index (χ4n) is 4.14. The Balaban J connectivity index is 1.31. The Kier molecular flexibility index (Phi) is 4.71. The van der Waals surface area contributed by atoms with Crippen LogP contribution in [0.25, 0.3) is 11.1 Å². The van der Waals surface area contributed by atoms with Crippen LogP contribution in [0.15, 0.2) is 66.7 Å². The predicted octanol–water partition coefficient (Wildman–Crippen LogP) is 4.08. The number of ether oxygens (including phenoxy) is 3. The monoisotopic (exact) mass is 417 g/mol. The van der Waals surface area contributed by atoms with E-state index >= 15 is 0 Å². The maximum absolute atomic E-state index is 12.5. The number of aliphatic carboxylic acids is 1. The van der Waals surface area contributed by atoms with Crippen LogP contribution >= 0.6 is 0 Å². The first-order valence-electron chi connectivity index (χ1n) is 9.85. The molecule has 0 bridgehead atoms. The Morgan fingerprint density at radius 1 is 0.968 bits per heavy atom. The number of carboxylic acid groups (broad SMARTS) is 1. The number of benzene rings is 3. The number of rotatable bonds is 5. The molecule has 1 heterocycles. The summed E-state index contributed by atoms with van der Waals surface area (Å²) in [6, 6.07) is 19.5. The Labute approximate surface area is 178 Å². The van der Waals surface area contributed by atoms with Gasteiger partial charge in [-0.2, -0.15) is 0 Å². The van der Waals surface area contributed by atoms with Crippen LogP contribution in [-0.2, 0) is 9.53 Å². The molecule has 2 N–H and O–H groups in total. The molecule has 7 nitrogen and oxygen atoms in total. The highest BCUT2D eigenvalue weighted by Gasteiger charge is 2.30. The van der Waals surface area contributed by atoms with Gasteiger partial charge in [0.2, 0.25) is 6.79 Å². The summed E-state index contributed by atoms with van der Waals surface area (Å²) in [5, 5.41) is 12.1. The molecule has 5 rings (SSSR count). The van der Waals surface area contributed by atoms with Gasteiger partial charge in [0.05, 0.1) is 0 Å². The summed E-state index contributed by atoms with van der Waals surface area (Å²) < 4.78 is 16.0. The highest BCUT2D eigenvalue weighted by Crippen LogP contribution is 2.44. The maximum atomic E-state index is 12.5. The molecule has 0 aromatic heterocycles. The molecule has 0 radical (unpaired) electrons. The minimum Gasteiger partial charge on any atom is -0.479 e. The lowest BCUT2D eigenvalue weighted by Crippen LogP contribution is -2.34. The molecule has 0 saturated heterocycles. The molecule has 1 unspecified atom stereocenters. The average Bonchev–Trinajstić information content (AvgIpc) is 3.38. The van der Waals surface area contributed by atoms with E-state index in [1.165, 1.54) is 0 Å². The van der Waals surface area contributed by atoms with Crippen molar-refractivity contribution in [2.24, 2.45) is 0 Å². The number of amides is 1. The van der Waals surface area contributed by atoms with Gasteiger partial charge >= 0.3 is 12.1 Å². The molecule has 0 saturated carbocycles. The Hall–Kier alpha value is -4.00. The van der Waals surface area contributed by atoms with Crippen LogP contribution in [0.4, 0.5) is 4.79 Å². The van der Waals surface area contributed by atoms with E-state index in [1.54, 1.807) is 18.2 Å². The van der Waals surface area contributed by atoms with Gasteiger partial charge in [-0.25, -0.2) is 9.59 Å². The third-order valence-electron chi connectivity index (χ3n) is 5.58. The van der Waals surface area contributed by atoms with Gasteiger partial charge in [-0.15, -0.1) is 0 Å². The summed E-state index contributed by atoms with van der Waals surface area (Å²) in [6.45, 7) is 0.184. The fourth-order valence-corrected chi connectivity index (χ4v) is 4.14. The van der Waals surface area contributed by atoms with E-state index in [1.807, 2.05) is 48.5 Å². The van der Waals surface area contributed by atoms with Gasteiger partial charge in [-0.05, 0) is 39.9 Å². The highest BCUT2D eigenvalue weighted by molar-refractivity contribution is 5.82. The van der Waals surface area contributed by atoms with Crippen molar-refractivity contribution < 1.29 is 28.9 Å². The van der Waals surface area contributed by atoms with E-state index in [4.69, 9.17) is 14.2 Å². The van der Waals surface area contributed by atoms with Crippen LogP contribution in [0, 0.1) is 0 Å². The van der Waals surface area contributed by atoms with Crippen LogP contribution in [0.1, 0.15) is 28.7 Å². The second kappa shape index (κ2) is 7.68. The Morgan fingerprint density at radius 2 is 1.61 bits per heavy atom. The molecule has 1 aliphatic heterocycles. The molecule has 7 heteroatoms. The topological polar surface area (TPSA) is 94.1 Å². The van der Waals surface area contributed by atoms with Crippen LogP contribution in [-0.4, -0.2) is 30.6 Å². The highest BCUT2D eigenvalue weighted by atomic mass is 16.7. The zero-order valence-electron chi connectivity index (χ0n) is 16.4. The van der Waals surface area contributed by atoms with Gasteiger partial charge in [0.1, 0.15) is 6.61 Å². The molecule has 0 spiro atoms. The van der Waals surface area contributed by atoms with Crippen molar-refractivity contribution in [1.82, 2.24) is 5.32 Å². The van der Waals surface area contributed by atoms with Crippen molar-refractivity contribution in [1.29, 1.82) is 0 Å². The summed E-state index contributed by atoms with van der Waals surface area (Å²) >= 11 is 0. The van der Waals surface area contributed by atoms with E-state index in [9.17, 15) is 14.7 Å². The van der Waals surface area contributed by atoms with E-state index in [0.29, 0.717) is 17.1 Å². The van der Waals surface area contributed by atoms with Gasteiger partial charge < -0.3 is 24.6 Å². The number of carbonyl (C=O) groups is 2. The van der Waals surface area contributed by atoms with Crippen LogP contribution in [0.2, 0.25) is 0 Å². The lowest BCUT2D eigenvalue weighted by molar-refractivity contribution is -0.139. The van der Waals surface area contributed by atoms with Gasteiger partial charge in [0, 0.05) is 5.92 Å². The van der Waals surface area contributed by atoms with Gasteiger partial charge in [0.25, 0.3) is 0 Å². The molecule has 2 aliphatic rings. The number of fused-ring (bicyclic) bond motifs is 4. The minimum atomic E-state index is -1.27. The first kappa shape index (κ1) is 19.0. The van der Waals surface area contributed by atoms with E-state index < -0.39 is 18.1 Å². The number of hydrogen-bond donors (Lipinski definition) is 2. The van der Waals surface area contributed by atoms with E-state index in [-0.39, 0.29) is 19.3 Å². The standard InChI is InChI=1S/C24H19NO6/c26-23(27)22(14-9-10-20-21(11-14)31-13-30-20)25-24(28)29-12-19-17-7-3-1-5-15(17)16-6-2-4-8-18(16)19/h1-11,19,22H,12-13H2,(H,25,28)(H,26,27). The molecule has 156 valence electrons. The molecule has 31 heavy (non-hydrogen) atoms. The van der Waals surface area contributed by atoms with Crippen LogP contribution in [0.3, 0.4) is 0 Å². The first-order chi connectivity index (χ1) is 15.1. The third kappa shape index (κ3) is 3.44. The zero-order chi connectivity index (χ0) is 21.4. The first-order valence-corrected chi connectivity index (χ1v) is 9.85. The fraction of sp³-hybridized carbons (Fsp3) is 0.167. The van der Waals surface area contributed by atoms with E-state index in [0.717, 1.165) is 22.3 Å². The smallest absolute Gasteiger partial charge is 0.408 e. The van der Waals surface area contributed by atoms with Crippen LogP contribution in [0.5, 0.6) is 11.5 Å². The van der Waals surface area contributed by atoms with Gasteiger partial charge in [-0.1, -0.05) is 54.6 Å². The molecular weight excluding hydrogens is 398 g/mol. The quantitative estimate of drug-likeness (QED) is 0.650. The molecule has 3 aromatic rings. The predicted molar refractivity (Wildman–Crippen MR) is 111 cm³/mol. The largest absolute Gasteiger partial charge is 0.479 e. The second-order valence-corrected chi connectivity index (χ2v) is 7.35. The van der Waals surface area contributed by atoms with Crippen LogP contribution < -0.4 is 14.8 Å². The number of carbonyl (C=O) groups excluding carboxylic acids is 1. The maximum Gasteiger partial charge on any atom is 0.408 e. The van der Waals surface area contributed by atoms with Crippen molar-refractivity contribution in [3.63, 3.8) is 0 Å². The zero-order valence-corrected chi connectivity index (χ0v) is 16.4. The molecule has 1 amide bonds. The van der Waals surface area contributed by atoms with Crippen molar-refractivity contribution in [2.75, 3.05) is 13.4 Å². The number of alkyl carbamates (subject to hydrolysis) is 1. The average molecular weight is 417 g/mol. The summed E-state index contributed by atoms with van der Waals surface area (Å²) in [4.78, 5) is 24.3. The Bertz CT molecular complexity index is 1130. The third-order valence-corrected chi connectivity index (χ3v) is 5.58. The summed E-state index contributed by atoms with van der Waals surface area (Å²) in [5.41, 5.74) is 4.78. The normalized spacial score (nSPS) is 14.5. The molecule has 1 atom stereocenters. The number of nitrogens with one attached hydrogen (secondary N) is 1. The Morgan fingerprint density at radius 3 is 2.29 bits per heavy atom. The lowest BCUT2D eigenvalue weighted by Gasteiger charge is -2.18. The van der Waals surface area contributed by atoms with Crippen molar-refractivity contribution in [2.45, 2.75) is 12.0 Å². The molecule has 0 fully saturated rings. The SMILES string of the molecule is O=C(NC(C(=O)O)c1ccc2c(c1)OCO2)OCC1c2ccccc2-c2ccccc21. The summed E-state index contributed by atoms with van der Waals surface area (Å²) in [5.74, 6) is -0.327. The van der Waals surface area contributed by atoms with Gasteiger partial charge in [0.15, 0.2) is 17.5 Å². The van der Waals surface area contributed by atoms with E-state index in [2.05, 4.69) is 5.32 Å². The number of carboxylic acids is 1. The lowest BCUT2D eigenvalue weighted by atomic mass is 9.98. The van der Waals surface area contributed by atoms with Crippen molar-refractivity contribution >= 4 is 12.1 Å². The molecule has 1 aliphatic carbocycles. The molecule has 3 aromatic carbocycles. The van der Waals surface area contributed by atoms with Gasteiger partial charge in [-0.3, -0.25) is 0 Å². The molecular formula is C24H19NO6. The van der Waals surface area contributed by atoms with Crippen molar-refractivity contribution in [3.8, 4) is 22.6 Å². The number of hydrogen-bond acceptors (Lipinski definition) is 5. The van der Waals surface area contributed by atoms with Crippen molar-refractivity contribution in [3.05, 3.63) is 83.4 Å². The minimum absolute atomic E-state index is 0.0797. The summed E-state index contributed by atoms with van der Waals surface area (Å²) in [6.07, 6.45) is -0.799.